The third-order valence-corrected chi connectivity index (χ3v) is 5.29. The number of anilines is 1. The van der Waals surface area contributed by atoms with E-state index in [4.69, 9.17) is 0 Å². The molecule has 2 aliphatic heterocycles. The van der Waals surface area contributed by atoms with Crippen molar-refractivity contribution in [2.24, 2.45) is 4.99 Å². The molecular weight excluding hydrogens is 399 g/mol. The number of aliphatic imine (C=N–C) groups is 1. The van der Waals surface area contributed by atoms with Gasteiger partial charge in [0.15, 0.2) is 0 Å². The number of amides is 2. The van der Waals surface area contributed by atoms with Crippen LogP contribution in [-0.4, -0.2) is 61.3 Å². The van der Waals surface area contributed by atoms with E-state index in [0.29, 0.717) is 37.6 Å². The average molecular weight is 419 g/mol. The Kier molecular flexibility index (Phi) is 5.23. The fourth-order valence-corrected chi connectivity index (χ4v) is 3.61. The zero-order valence-electron chi connectivity index (χ0n) is 15.9. The molecule has 0 bridgehead atoms. The molecule has 4 rings (SSSR count). The Morgan fingerprint density at radius 1 is 1.10 bits per heavy atom. The summed E-state index contributed by atoms with van der Waals surface area (Å²) in [5, 5.41) is 5.67. The Morgan fingerprint density at radius 2 is 1.80 bits per heavy atom. The van der Waals surface area contributed by atoms with Crippen LogP contribution in [0, 0.1) is 0 Å². The van der Waals surface area contributed by atoms with Crippen LogP contribution in [0.1, 0.15) is 5.56 Å². The molecule has 1 aromatic rings. The van der Waals surface area contributed by atoms with E-state index in [2.05, 4.69) is 15.6 Å². The van der Waals surface area contributed by atoms with Crippen molar-refractivity contribution in [3.05, 3.63) is 53.8 Å². The lowest BCUT2D eigenvalue weighted by Gasteiger charge is -2.35. The number of halogens is 3. The van der Waals surface area contributed by atoms with Crippen molar-refractivity contribution in [2.75, 3.05) is 31.1 Å². The van der Waals surface area contributed by atoms with E-state index in [1.807, 2.05) is 17.1 Å². The van der Waals surface area contributed by atoms with Gasteiger partial charge < -0.3 is 20.4 Å². The van der Waals surface area contributed by atoms with Crippen LogP contribution in [0.15, 0.2) is 53.2 Å². The van der Waals surface area contributed by atoms with Crippen molar-refractivity contribution in [3.8, 4) is 0 Å². The molecule has 2 amide bonds. The zero-order valence-corrected chi connectivity index (χ0v) is 15.9. The summed E-state index contributed by atoms with van der Waals surface area (Å²) in [6.45, 7) is 1.47. The van der Waals surface area contributed by atoms with Gasteiger partial charge in [-0.25, -0.2) is 0 Å². The maximum Gasteiger partial charge on any atom is 0.416 e. The second kappa shape index (κ2) is 7.85. The number of hydrogen-bond acceptors (Lipinski definition) is 5. The first kappa shape index (κ1) is 20.0. The van der Waals surface area contributed by atoms with E-state index in [1.54, 1.807) is 12.4 Å². The first-order chi connectivity index (χ1) is 14.3. The van der Waals surface area contributed by atoms with Gasteiger partial charge in [0.05, 0.1) is 24.0 Å². The van der Waals surface area contributed by atoms with Crippen molar-refractivity contribution in [1.29, 1.82) is 0 Å². The maximum absolute atomic E-state index is 12.7. The number of rotatable bonds is 2. The van der Waals surface area contributed by atoms with Crippen LogP contribution in [0.25, 0.3) is 0 Å². The standard InChI is InChI=1S/C20H20F3N5O2/c21-20(22,23)13-1-4-15(5-2-13)27-7-9-28(10-8-27)19(30)18(29)26-14-3-6-16-17(11-14)25-12-24-16/h1-6,11-12,16-17H,7-10H2,(H,24,25)(H,26,29). The quantitative estimate of drug-likeness (QED) is 0.709. The number of allylic oxidation sites excluding steroid dienone is 1. The fraction of sp³-hybridized carbons (Fsp3) is 0.350. The van der Waals surface area contributed by atoms with Gasteiger partial charge in [0.25, 0.3) is 0 Å². The Balaban J connectivity index is 1.30. The normalized spacial score (nSPS) is 23.0. The number of piperazine rings is 1. The Hall–Kier alpha value is -3.30. The Morgan fingerprint density at radius 3 is 2.47 bits per heavy atom. The lowest BCUT2D eigenvalue weighted by Crippen LogP contribution is -2.52. The molecule has 2 heterocycles. The van der Waals surface area contributed by atoms with E-state index in [1.165, 1.54) is 17.0 Å². The van der Waals surface area contributed by atoms with Gasteiger partial charge in [-0.05, 0) is 36.4 Å². The summed E-state index contributed by atoms with van der Waals surface area (Å²) < 4.78 is 38.1. The van der Waals surface area contributed by atoms with Gasteiger partial charge in [-0.2, -0.15) is 13.2 Å². The predicted octanol–water partition coefficient (Wildman–Crippen LogP) is 1.29. The van der Waals surface area contributed by atoms with Gasteiger partial charge in [-0.1, -0.05) is 6.08 Å². The van der Waals surface area contributed by atoms with Crippen LogP contribution in [-0.2, 0) is 15.8 Å². The SMILES string of the molecule is O=C(NC1=CC2NC=NC2C=C1)C(=O)N1CCN(c2ccc(C(F)(F)F)cc2)CC1. The van der Waals surface area contributed by atoms with Gasteiger partial charge >= 0.3 is 18.0 Å². The van der Waals surface area contributed by atoms with Crippen LogP contribution in [0.3, 0.4) is 0 Å². The highest BCUT2D eigenvalue weighted by molar-refractivity contribution is 6.35. The van der Waals surface area contributed by atoms with E-state index >= 15 is 0 Å². The molecule has 0 spiro atoms. The van der Waals surface area contributed by atoms with Crippen LogP contribution >= 0.6 is 0 Å². The highest BCUT2D eigenvalue weighted by Crippen LogP contribution is 2.30. The summed E-state index contributed by atoms with van der Waals surface area (Å²) in [5.41, 5.74) is 0.488. The van der Waals surface area contributed by atoms with Crippen molar-refractivity contribution in [3.63, 3.8) is 0 Å². The van der Waals surface area contributed by atoms with Gasteiger partial charge in [-0.15, -0.1) is 0 Å². The van der Waals surface area contributed by atoms with Crippen LogP contribution < -0.4 is 15.5 Å². The summed E-state index contributed by atoms with van der Waals surface area (Å²) in [6, 6.07) is 4.89. The van der Waals surface area contributed by atoms with E-state index in [-0.39, 0.29) is 12.1 Å². The lowest BCUT2D eigenvalue weighted by atomic mass is 10.0. The minimum Gasteiger partial charge on any atom is -0.368 e. The molecule has 1 saturated heterocycles. The van der Waals surface area contributed by atoms with Crippen molar-refractivity contribution in [1.82, 2.24) is 15.5 Å². The molecule has 0 aromatic heterocycles. The second-order valence-corrected chi connectivity index (χ2v) is 7.22. The highest BCUT2D eigenvalue weighted by atomic mass is 19.4. The number of alkyl halides is 3. The lowest BCUT2D eigenvalue weighted by molar-refractivity contribution is -0.145. The molecule has 0 radical (unpaired) electrons. The van der Waals surface area contributed by atoms with Gasteiger partial charge in [0, 0.05) is 37.6 Å². The largest absolute Gasteiger partial charge is 0.416 e. The molecule has 0 saturated carbocycles. The smallest absolute Gasteiger partial charge is 0.368 e. The summed E-state index contributed by atoms with van der Waals surface area (Å²) in [6.07, 6.45) is 2.62. The Labute approximate surface area is 170 Å². The average Bonchev–Trinajstić information content (AvgIpc) is 3.21. The molecule has 10 heteroatoms. The number of carbonyl (C=O) groups is 2. The molecule has 158 valence electrons. The summed E-state index contributed by atoms with van der Waals surface area (Å²) in [4.78, 5) is 32.4. The fourth-order valence-electron chi connectivity index (χ4n) is 3.61. The van der Waals surface area contributed by atoms with Gasteiger partial charge in [0.1, 0.15) is 0 Å². The van der Waals surface area contributed by atoms with Crippen LogP contribution in [0.2, 0.25) is 0 Å². The van der Waals surface area contributed by atoms with E-state index in [9.17, 15) is 22.8 Å². The van der Waals surface area contributed by atoms with Gasteiger partial charge in [-0.3, -0.25) is 14.6 Å². The predicted molar refractivity (Wildman–Crippen MR) is 105 cm³/mol. The summed E-state index contributed by atoms with van der Waals surface area (Å²) in [5.74, 6) is -1.35. The Bertz CT molecular complexity index is 915. The van der Waals surface area contributed by atoms with Crippen LogP contribution in [0.5, 0.6) is 0 Å². The number of hydrogen-bond donors (Lipinski definition) is 2. The van der Waals surface area contributed by atoms with Crippen molar-refractivity contribution in [2.45, 2.75) is 18.3 Å². The third-order valence-electron chi connectivity index (χ3n) is 5.29. The summed E-state index contributed by atoms with van der Waals surface area (Å²) in [7, 11) is 0. The number of fused-ring (bicyclic) bond motifs is 1. The highest BCUT2D eigenvalue weighted by Gasteiger charge is 2.31. The van der Waals surface area contributed by atoms with Gasteiger partial charge in [0.2, 0.25) is 0 Å². The monoisotopic (exact) mass is 419 g/mol. The third kappa shape index (κ3) is 4.17. The number of nitrogens with one attached hydrogen (secondary N) is 2. The van der Waals surface area contributed by atoms with E-state index in [0.717, 1.165) is 12.1 Å². The molecule has 2 unspecified atom stereocenters. The molecule has 2 atom stereocenters. The van der Waals surface area contributed by atoms with Crippen molar-refractivity contribution >= 4 is 23.8 Å². The molecule has 2 N–H and O–H groups in total. The zero-order chi connectivity index (χ0) is 21.3. The minimum atomic E-state index is -4.37. The summed E-state index contributed by atoms with van der Waals surface area (Å²) >= 11 is 0. The first-order valence-electron chi connectivity index (χ1n) is 9.51. The van der Waals surface area contributed by atoms with Crippen LogP contribution in [0.4, 0.5) is 18.9 Å². The number of benzene rings is 1. The molecule has 1 aliphatic carbocycles. The number of nitrogens with zero attached hydrogens (tertiary/aromatic N) is 3. The maximum atomic E-state index is 12.7. The molecule has 30 heavy (non-hydrogen) atoms. The molecular formula is C20H20F3N5O2. The van der Waals surface area contributed by atoms with Crippen molar-refractivity contribution < 1.29 is 22.8 Å². The molecule has 3 aliphatic rings. The van der Waals surface area contributed by atoms with E-state index < -0.39 is 23.6 Å². The second-order valence-electron chi connectivity index (χ2n) is 7.22. The molecule has 1 fully saturated rings. The first-order valence-corrected chi connectivity index (χ1v) is 9.51. The molecule has 7 nitrogen and oxygen atoms in total. The minimum absolute atomic E-state index is 0.000344. The molecule has 1 aromatic carbocycles. The topological polar surface area (TPSA) is 77.0 Å². The number of carbonyl (C=O) groups excluding carboxylic acids is 2.